The number of nitrogens with zero attached hydrogens (tertiary/aromatic N) is 3. The van der Waals surface area contributed by atoms with Gasteiger partial charge in [-0.15, -0.1) is 0 Å². The van der Waals surface area contributed by atoms with Gasteiger partial charge in [0.25, 0.3) is 0 Å². The third-order valence-corrected chi connectivity index (χ3v) is 7.73. The van der Waals surface area contributed by atoms with E-state index in [2.05, 4.69) is 120 Å². The van der Waals surface area contributed by atoms with Crippen molar-refractivity contribution >= 4 is 43.1 Å². The Morgan fingerprint density at radius 1 is 0.375 bits per heavy atom. The van der Waals surface area contributed by atoms with Crippen molar-refractivity contribution in [3.05, 3.63) is 140 Å². The van der Waals surface area contributed by atoms with Gasteiger partial charge >= 0.3 is 0 Å². The fourth-order valence-corrected chi connectivity index (χ4v) is 5.73. The maximum absolute atomic E-state index is 5.09. The lowest BCUT2D eigenvalue weighted by atomic mass is 9.96. The van der Waals surface area contributed by atoms with Gasteiger partial charge in [0.1, 0.15) is 0 Å². The minimum atomic E-state index is 0.686. The molecule has 0 saturated heterocycles. The van der Waals surface area contributed by atoms with E-state index in [1.54, 1.807) is 12.4 Å². The summed E-state index contributed by atoms with van der Waals surface area (Å²) in [6, 6.07) is 45.1. The highest BCUT2D eigenvalue weighted by atomic mass is 14.9. The highest BCUT2D eigenvalue weighted by Gasteiger charge is 2.14. The molecule has 40 heavy (non-hydrogen) atoms. The maximum Gasteiger partial charge on any atom is 0.160 e. The fraction of sp³-hybridized carbons (Fsp3) is 0. The average molecular weight is 510 g/mol. The van der Waals surface area contributed by atoms with Crippen molar-refractivity contribution in [2.24, 2.45) is 0 Å². The first-order valence-corrected chi connectivity index (χ1v) is 13.4. The van der Waals surface area contributed by atoms with Crippen LogP contribution in [0.2, 0.25) is 0 Å². The summed E-state index contributed by atoms with van der Waals surface area (Å²) in [4.78, 5) is 14.4. The summed E-state index contributed by atoms with van der Waals surface area (Å²) in [5.74, 6) is 0.686. The fourth-order valence-electron chi connectivity index (χ4n) is 5.73. The van der Waals surface area contributed by atoms with Gasteiger partial charge in [-0.3, -0.25) is 4.98 Å². The molecule has 0 aliphatic carbocycles. The van der Waals surface area contributed by atoms with Gasteiger partial charge in [-0.2, -0.15) is 0 Å². The van der Waals surface area contributed by atoms with Gasteiger partial charge in [0.05, 0.1) is 11.4 Å². The lowest BCUT2D eigenvalue weighted by Crippen LogP contribution is -1.96. The van der Waals surface area contributed by atoms with Gasteiger partial charge in [0.15, 0.2) is 5.82 Å². The van der Waals surface area contributed by atoms with Crippen molar-refractivity contribution in [1.82, 2.24) is 15.0 Å². The third kappa shape index (κ3) is 3.79. The van der Waals surface area contributed by atoms with Crippen LogP contribution in [0, 0.1) is 0 Å². The first kappa shape index (κ1) is 22.6. The molecule has 0 unspecified atom stereocenters. The second kappa shape index (κ2) is 9.11. The van der Waals surface area contributed by atoms with E-state index in [-0.39, 0.29) is 0 Å². The molecule has 186 valence electrons. The molecule has 3 heteroatoms. The summed E-state index contributed by atoms with van der Waals surface area (Å²) in [5, 5.41) is 9.76. The molecule has 0 fully saturated rings. The van der Waals surface area contributed by atoms with Crippen LogP contribution in [0.3, 0.4) is 0 Å². The molecule has 0 N–H and O–H groups in total. The van der Waals surface area contributed by atoms with E-state index >= 15 is 0 Å². The first-order valence-electron chi connectivity index (χ1n) is 13.4. The minimum Gasteiger partial charge on any atom is -0.265 e. The zero-order chi connectivity index (χ0) is 26.5. The first-order chi connectivity index (χ1) is 19.8. The zero-order valence-electron chi connectivity index (χ0n) is 21.6. The molecule has 0 aliphatic rings. The summed E-state index contributed by atoms with van der Waals surface area (Å²) in [5.41, 5.74) is 4.89. The van der Waals surface area contributed by atoms with Crippen LogP contribution in [0.4, 0.5) is 0 Å². The minimum absolute atomic E-state index is 0.686. The molecule has 0 radical (unpaired) electrons. The second-order valence-electron chi connectivity index (χ2n) is 10.1. The van der Waals surface area contributed by atoms with Gasteiger partial charge in [0.2, 0.25) is 0 Å². The van der Waals surface area contributed by atoms with Crippen molar-refractivity contribution in [2.75, 3.05) is 0 Å². The van der Waals surface area contributed by atoms with Gasteiger partial charge in [0, 0.05) is 29.1 Å². The molecule has 8 rings (SSSR count). The molecule has 0 aliphatic heterocycles. The van der Waals surface area contributed by atoms with E-state index in [0.29, 0.717) is 5.82 Å². The predicted molar refractivity (Wildman–Crippen MR) is 166 cm³/mol. The molecule has 3 nitrogen and oxygen atoms in total. The molecule has 0 bridgehead atoms. The van der Waals surface area contributed by atoms with E-state index in [1.807, 2.05) is 12.1 Å². The summed E-state index contributed by atoms with van der Waals surface area (Å²) >= 11 is 0. The summed E-state index contributed by atoms with van der Waals surface area (Å²) in [6.07, 6.45) is 3.58. The topological polar surface area (TPSA) is 38.7 Å². The summed E-state index contributed by atoms with van der Waals surface area (Å²) in [6.45, 7) is 0. The van der Waals surface area contributed by atoms with Crippen LogP contribution in [0.15, 0.2) is 140 Å². The molecular weight excluding hydrogens is 486 g/mol. The number of benzene rings is 6. The lowest BCUT2D eigenvalue weighted by Gasteiger charge is -2.13. The second-order valence-corrected chi connectivity index (χ2v) is 10.1. The Kier molecular flexibility index (Phi) is 5.14. The molecule has 0 atom stereocenters. The average Bonchev–Trinajstić information content (AvgIpc) is 3.03. The Labute approximate surface area is 231 Å². The van der Waals surface area contributed by atoms with Crippen LogP contribution in [-0.2, 0) is 0 Å². The highest BCUT2D eigenvalue weighted by molar-refractivity contribution is 6.12. The van der Waals surface area contributed by atoms with Crippen LogP contribution < -0.4 is 0 Å². The molecule has 0 saturated carbocycles. The van der Waals surface area contributed by atoms with E-state index in [1.165, 1.54) is 43.1 Å². The van der Waals surface area contributed by atoms with Crippen LogP contribution in [0.1, 0.15) is 0 Å². The van der Waals surface area contributed by atoms with E-state index in [4.69, 9.17) is 9.97 Å². The van der Waals surface area contributed by atoms with Crippen molar-refractivity contribution in [3.8, 4) is 33.9 Å². The predicted octanol–water partition coefficient (Wildman–Crippen LogP) is 9.49. The smallest absolute Gasteiger partial charge is 0.160 e. The summed E-state index contributed by atoms with van der Waals surface area (Å²) in [7, 11) is 0. The lowest BCUT2D eigenvalue weighted by molar-refractivity contribution is 1.18. The maximum atomic E-state index is 5.09. The number of rotatable bonds is 3. The van der Waals surface area contributed by atoms with Gasteiger partial charge in [-0.25, -0.2) is 9.97 Å². The van der Waals surface area contributed by atoms with Crippen LogP contribution in [0.25, 0.3) is 77.0 Å². The van der Waals surface area contributed by atoms with Crippen LogP contribution >= 0.6 is 0 Å². The molecule has 2 aromatic heterocycles. The Balaban J connectivity index is 1.36. The Hall–Kier alpha value is -5.41. The number of hydrogen-bond donors (Lipinski definition) is 0. The van der Waals surface area contributed by atoms with Crippen molar-refractivity contribution in [1.29, 1.82) is 0 Å². The Morgan fingerprint density at radius 3 is 1.90 bits per heavy atom. The molecule has 0 amide bonds. The quantitative estimate of drug-likeness (QED) is 0.176. The third-order valence-electron chi connectivity index (χ3n) is 7.73. The Bertz CT molecular complexity index is 2220. The van der Waals surface area contributed by atoms with Gasteiger partial charge in [-0.1, -0.05) is 91.0 Å². The van der Waals surface area contributed by atoms with Crippen LogP contribution in [0.5, 0.6) is 0 Å². The monoisotopic (exact) mass is 509 g/mol. The van der Waals surface area contributed by atoms with E-state index < -0.39 is 0 Å². The van der Waals surface area contributed by atoms with Crippen LogP contribution in [-0.4, -0.2) is 15.0 Å². The Morgan fingerprint density at radius 2 is 1.05 bits per heavy atom. The molecule has 0 spiro atoms. The zero-order valence-corrected chi connectivity index (χ0v) is 21.6. The highest BCUT2D eigenvalue weighted by Crippen LogP contribution is 2.35. The number of fused-ring (bicyclic) bond motifs is 5. The molecule has 2 heterocycles. The van der Waals surface area contributed by atoms with Gasteiger partial charge < -0.3 is 0 Å². The summed E-state index contributed by atoms with van der Waals surface area (Å²) < 4.78 is 0. The van der Waals surface area contributed by atoms with Crippen molar-refractivity contribution < 1.29 is 0 Å². The molecule has 6 aromatic carbocycles. The standard InChI is InChI=1S/C37H23N3/c1-2-8-27-21-30-22-29(13-12-28(30)20-26(27)7-1)35-23-36(40-37(39-35)25-16-18-38-19-17-25)34-11-5-10-32-31-9-4-3-6-24(31)14-15-33(32)34/h1-23H. The largest absolute Gasteiger partial charge is 0.265 e. The van der Waals surface area contributed by atoms with Crippen molar-refractivity contribution in [3.63, 3.8) is 0 Å². The van der Waals surface area contributed by atoms with E-state index in [0.717, 1.165) is 28.1 Å². The number of aromatic nitrogens is 3. The molecular formula is C37H23N3. The van der Waals surface area contributed by atoms with Gasteiger partial charge in [-0.05, 0) is 79.5 Å². The number of pyridine rings is 1. The normalized spacial score (nSPS) is 11.5. The SMILES string of the molecule is c1ccc2cc3cc(-c4cc(-c5cccc6c5ccc5ccccc56)nc(-c5ccncc5)n4)ccc3cc2c1. The molecule has 8 aromatic rings. The van der Waals surface area contributed by atoms with E-state index in [9.17, 15) is 0 Å². The van der Waals surface area contributed by atoms with Crippen molar-refractivity contribution in [2.45, 2.75) is 0 Å². The number of hydrogen-bond acceptors (Lipinski definition) is 3.